The van der Waals surface area contributed by atoms with Crippen LogP contribution in [-0.4, -0.2) is 12.7 Å². The molecule has 0 unspecified atom stereocenters. The zero-order valence-corrected chi connectivity index (χ0v) is 16.7. The molecule has 0 saturated heterocycles. The number of rotatable bonds is 1. The molecular formula is C21H24N2O3S. The third-order valence-electron chi connectivity index (χ3n) is 6.00. The number of hydrogen-bond donors (Lipinski definition) is 2. The summed E-state index contributed by atoms with van der Waals surface area (Å²) in [5.74, 6) is 2.17. The minimum atomic E-state index is -0.252. The van der Waals surface area contributed by atoms with Gasteiger partial charge in [0.25, 0.3) is 5.91 Å². The van der Waals surface area contributed by atoms with Crippen LogP contribution in [0, 0.1) is 11.3 Å². The van der Waals surface area contributed by atoms with Crippen molar-refractivity contribution in [3.05, 3.63) is 39.8 Å². The second-order valence-corrected chi connectivity index (χ2v) is 9.78. The van der Waals surface area contributed by atoms with Crippen LogP contribution in [0.25, 0.3) is 0 Å². The summed E-state index contributed by atoms with van der Waals surface area (Å²) >= 11 is 1.76. The number of thiophene rings is 1. The maximum Gasteiger partial charge on any atom is 0.256 e. The van der Waals surface area contributed by atoms with Crippen molar-refractivity contribution in [3.8, 4) is 11.5 Å². The summed E-state index contributed by atoms with van der Waals surface area (Å²) in [5, 5.41) is 7.65. The van der Waals surface area contributed by atoms with E-state index in [1.807, 2.05) is 18.2 Å². The quantitative estimate of drug-likeness (QED) is 0.761. The summed E-state index contributed by atoms with van der Waals surface area (Å²) in [5.41, 5.74) is 3.38. The van der Waals surface area contributed by atoms with Crippen molar-refractivity contribution in [2.75, 3.05) is 12.1 Å². The molecule has 1 aliphatic carbocycles. The number of amides is 1. The van der Waals surface area contributed by atoms with Crippen molar-refractivity contribution in [2.24, 2.45) is 11.3 Å². The van der Waals surface area contributed by atoms with E-state index in [0.29, 0.717) is 11.3 Å². The van der Waals surface area contributed by atoms with E-state index in [1.54, 1.807) is 11.3 Å². The number of hydrogen-bond acceptors (Lipinski definition) is 5. The van der Waals surface area contributed by atoms with Crippen molar-refractivity contribution < 1.29 is 14.3 Å². The Hall–Kier alpha value is -2.21. The molecule has 0 fully saturated rings. The highest BCUT2D eigenvalue weighted by atomic mass is 32.1. The third kappa shape index (κ3) is 2.78. The Morgan fingerprint density at radius 2 is 1.96 bits per heavy atom. The molecule has 1 aromatic carbocycles. The minimum Gasteiger partial charge on any atom is -0.454 e. The van der Waals surface area contributed by atoms with Crippen LogP contribution in [0.15, 0.2) is 18.2 Å². The zero-order chi connectivity index (χ0) is 18.8. The van der Waals surface area contributed by atoms with E-state index < -0.39 is 0 Å². The van der Waals surface area contributed by atoms with Gasteiger partial charge in [-0.3, -0.25) is 4.79 Å². The van der Waals surface area contributed by atoms with Crippen LogP contribution in [0.3, 0.4) is 0 Å². The lowest BCUT2D eigenvalue weighted by Gasteiger charge is -2.34. The van der Waals surface area contributed by atoms with Crippen molar-refractivity contribution in [2.45, 2.75) is 46.2 Å². The van der Waals surface area contributed by atoms with Crippen LogP contribution in [0.2, 0.25) is 0 Å². The number of ether oxygens (including phenoxy) is 2. The van der Waals surface area contributed by atoms with E-state index in [2.05, 4.69) is 31.4 Å². The number of anilines is 1. The number of benzene rings is 1. The molecule has 0 radical (unpaired) electrons. The molecule has 142 valence electrons. The standard InChI is InChI=1S/C21H24N2O3S/c1-21(2,3)12-5-6-13-16(9-12)27-20-17(13)19(24)22-18(23-20)11-4-7-14-15(8-11)26-10-25-14/h4,7-8,12,18,23H,5-6,9-10H2,1-3H3,(H,22,24)/t12-,18+/m1/s1. The average molecular weight is 385 g/mol. The molecule has 0 spiro atoms. The summed E-state index contributed by atoms with van der Waals surface area (Å²) < 4.78 is 10.9. The fourth-order valence-corrected chi connectivity index (χ4v) is 5.65. The Morgan fingerprint density at radius 3 is 2.78 bits per heavy atom. The van der Waals surface area contributed by atoms with Crippen molar-refractivity contribution >= 4 is 22.2 Å². The molecule has 6 heteroatoms. The molecule has 5 nitrogen and oxygen atoms in total. The van der Waals surface area contributed by atoms with Crippen LogP contribution in [0.5, 0.6) is 11.5 Å². The summed E-state index contributed by atoms with van der Waals surface area (Å²) in [6, 6.07) is 5.81. The van der Waals surface area contributed by atoms with Crippen molar-refractivity contribution in [1.82, 2.24) is 5.32 Å². The van der Waals surface area contributed by atoms with E-state index in [9.17, 15) is 4.79 Å². The monoisotopic (exact) mass is 384 g/mol. The molecule has 2 atom stereocenters. The Labute approximate surface area is 163 Å². The largest absolute Gasteiger partial charge is 0.454 e. The van der Waals surface area contributed by atoms with E-state index in [1.165, 1.54) is 10.4 Å². The van der Waals surface area contributed by atoms with E-state index in [-0.39, 0.29) is 18.9 Å². The van der Waals surface area contributed by atoms with Gasteiger partial charge in [0.05, 0.1) is 5.56 Å². The third-order valence-corrected chi connectivity index (χ3v) is 7.18. The van der Waals surface area contributed by atoms with Gasteiger partial charge in [-0.25, -0.2) is 0 Å². The van der Waals surface area contributed by atoms with Crippen molar-refractivity contribution in [1.29, 1.82) is 0 Å². The predicted octanol–water partition coefficient (Wildman–Crippen LogP) is 4.48. The van der Waals surface area contributed by atoms with Crippen LogP contribution >= 0.6 is 11.3 Å². The Kier molecular flexibility index (Phi) is 3.69. The number of carbonyl (C=O) groups excluding carboxylic acids is 1. The molecule has 5 rings (SSSR count). The fraction of sp³-hybridized carbons (Fsp3) is 0.476. The van der Waals surface area contributed by atoms with E-state index >= 15 is 0 Å². The Bertz CT molecular complexity index is 928. The van der Waals surface area contributed by atoms with Gasteiger partial charge in [0.15, 0.2) is 11.5 Å². The molecule has 2 aromatic rings. The van der Waals surface area contributed by atoms with Crippen LogP contribution in [0.4, 0.5) is 5.00 Å². The fourth-order valence-electron chi connectivity index (χ4n) is 4.30. The average Bonchev–Trinajstić information content (AvgIpc) is 3.23. The second-order valence-electron chi connectivity index (χ2n) is 8.68. The Balaban J connectivity index is 1.45. The summed E-state index contributed by atoms with van der Waals surface area (Å²) in [7, 11) is 0. The highest BCUT2D eigenvalue weighted by Crippen LogP contribution is 2.46. The first-order chi connectivity index (χ1) is 12.9. The first kappa shape index (κ1) is 16.9. The SMILES string of the molecule is CC(C)(C)[C@@H]1CCc2c(sc3c2C(=O)N[C@H](c2ccc4c(c2)OCO4)N3)C1. The molecule has 2 N–H and O–H groups in total. The zero-order valence-electron chi connectivity index (χ0n) is 15.8. The van der Waals surface area contributed by atoms with E-state index in [4.69, 9.17) is 9.47 Å². The molecule has 2 aliphatic heterocycles. The van der Waals surface area contributed by atoms with Gasteiger partial charge in [0.2, 0.25) is 6.79 Å². The molecule has 0 bridgehead atoms. The molecule has 1 amide bonds. The van der Waals surface area contributed by atoms with Gasteiger partial charge in [0, 0.05) is 4.88 Å². The lowest BCUT2D eigenvalue weighted by atomic mass is 9.72. The lowest BCUT2D eigenvalue weighted by Crippen LogP contribution is -2.38. The van der Waals surface area contributed by atoms with Gasteiger partial charge in [-0.05, 0) is 53.9 Å². The predicted molar refractivity (Wildman–Crippen MR) is 106 cm³/mol. The molecule has 0 saturated carbocycles. The Morgan fingerprint density at radius 1 is 1.15 bits per heavy atom. The molecule has 3 aliphatic rings. The normalized spacial score (nSPS) is 23.3. The molecule has 3 heterocycles. The molecule has 1 aromatic heterocycles. The second kappa shape index (κ2) is 5.89. The maximum absolute atomic E-state index is 12.9. The lowest BCUT2D eigenvalue weighted by molar-refractivity contribution is 0.0934. The molecule has 27 heavy (non-hydrogen) atoms. The van der Waals surface area contributed by atoms with Gasteiger partial charge in [-0.1, -0.05) is 26.8 Å². The van der Waals surface area contributed by atoms with Gasteiger partial charge >= 0.3 is 0 Å². The van der Waals surface area contributed by atoms with E-state index in [0.717, 1.165) is 46.9 Å². The summed E-state index contributed by atoms with van der Waals surface area (Å²) in [4.78, 5) is 14.3. The van der Waals surface area contributed by atoms with Gasteiger partial charge in [0.1, 0.15) is 11.2 Å². The highest BCUT2D eigenvalue weighted by molar-refractivity contribution is 7.16. The smallest absolute Gasteiger partial charge is 0.256 e. The first-order valence-corrected chi connectivity index (χ1v) is 10.3. The van der Waals surface area contributed by atoms with Gasteiger partial charge in [-0.2, -0.15) is 0 Å². The number of nitrogens with one attached hydrogen (secondary N) is 2. The van der Waals surface area contributed by atoms with Crippen LogP contribution < -0.4 is 20.1 Å². The van der Waals surface area contributed by atoms with Gasteiger partial charge in [-0.15, -0.1) is 11.3 Å². The number of fused-ring (bicyclic) bond motifs is 4. The summed E-state index contributed by atoms with van der Waals surface area (Å²) in [6.07, 6.45) is 2.96. The minimum absolute atomic E-state index is 0.0260. The molecular weight excluding hydrogens is 360 g/mol. The summed E-state index contributed by atoms with van der Waals surface area (Å²) in [6.45, 7) is 7.20. The van der Waals surface area contributed by atoms with Gasteiger partial charge < -0.3 is 20.1 Å². The first-order valence-electron chi connectivity index (χ1n) is 9.51. The van der Waals surface area contributed by atoms with Crippen molar-refractivity contribution in [3.63, 3.8) is 0 Å². The topological polar surface area (TPSA) is 59.6 Å². The number of carbonyl (C=O) groups is 1. The highest BCUT2D eigenvalue weighted by Gasteiger charge is 2.36. The maximum atomic E-state index is 12.9. The van der Waals surface area contributed by atoms with Crippen LogP contribution in [0.1, 0.15) is 59.7 Å². The van der Waals surface area contributed by atoms with Crippen LogP contribution in [-0.2, 0) is 12.8 Å².